The third-order valence-electron chi connectivity index (χ3n) is 3.21. The Morgan fingerprint density at radius 3 is 2.88 bits per heavy atom. The fourth-order valence-corrected chi connectivity index (χ4v) is 2.14. The molecule has 1 atom stereocenters. The maximum absolute atomic E-state index is 11.1. The van der Waals surface area contributed by atoms with Gasteiger partial charge >= 0.3 is 5.97 Å². The van der Waals surface area contributed by atoms with Crippen LogP contribution in [-0.2, 0) is 4.79 Å². The summed E-state index contributed by atoms with van der Waals surface area (Å²) in [4.78, 5) is 11.1. The van der Waals surface area contributed by atoms with Gasteiger partial charge in [0, 0.05) is 11.5 Å². The number of carboxylic acid groups (broad SMARTS) is 1. The summed E-state index contributed by atoms with van der Waals surface area (Å²) in [6, 6.07) is 4.95. The average molecular weight is 236 g/mol. The summed E-state index contributed by atoms with van der Waals surface area (Å²) in [5, 5.41) is 18.6. The minimum absolute atomic E-state index is 0.0307. The minimum atomic E-state index is -0.814. The average Bonchev–Trinajstić information content (AvgIpc) is 2.60. The molecular weight excluding hydrogens is 220 g/mol. The van der Waals surface area contributed by atoms with Crippen LogP contribution in [0.1, 0.15) is 31.7 Å². The number of aliphatic carboxylic acids is 1. The predicted molar refractivity (Wildman–Crippen MR) is 62.4 cm³/mol. The summed E-state index contributed by atoms with van der Waals surface area (Å²) in [5.74, 6) is 0.149. The van der Waals surface area contributed by atoms with Gasteiger partial charge in [-0.25, -0.2) is 0 Å². The van der Waals surface area contributed by atoms with E-state index >= 15 is 0 Å². The molecular formula is C13H16O4. The molecule has 0 aromatic heterocycles. The van der Waals surface area contributed by atoms with Gasteiger partial charge in [0.15, 0.2) is 0 Å². The number of aromatic hydroxyl groups is 1. The van der Waals surface area contributed by atoms with Gasteiger partial charge in [0.1, 0.15) is 11.5 Å². The summed E-state index contributed by atoms with van der Waals surface area (Å²) < 4.78 is 5.49. The van der Waals surface area contributed by atoms with Crippen LogP contribution >= 0.6 is 0 Å². The molecule has 4 heteroatoms. The van der Waals surface area contributed by atoms with Crippen molar-refractivity contribution in [3.05, 3.63) is 23.8 Å². The highest BCUT2D eigenvalue weighted by atomic mass is 16.5. The molecule has 0 saturated carbocycles. The van der Waals surface area contributed by atoms with Gasteiger partial charge < -0.3 is 14.9 Å². The summed E-state index contributed by atoms with van der Waals surface area (Å²) in [6.07, 6.45) is 0.499. The molecule has 1 aromatic rings. The fourth-order valence-electron chi connectivity index (χ4n) is 2.14. The van der Waals surface area contributed by atoms with Crippen molar-refractivity contribution >= 4 is 5.97 Å². The molecule has 0 fully saturated rings. The Balaban J connectivity index is 2.23. The van der Waals surface area contributed by atoms with Crippen molar-refractivity contribution in [2.24, 2.45) is 5.41 Å². The molecule has 1 aromatic carbocycles. The van der Waals surface area contributed by atoms with E-state index in [-0.39, 0.29) is 11.7 Å². The largest absolute Gasteiger partial charge is 0.508 e. The van der Waals surface area contributed by atoms with Crippen LogP contribution in [0.4, 0.5) is 0 Å². The zero-order valence-corrected chi connectivity index (χ0v) is 9.93. The van der Waals surface area contributed by atoms with Gasteiger partial charge in [-0.05, 0) is 38.5 Å². The predicted octanol–water partition coefficient (Wildman–Crippen LogP) is 2.37. The van der Waals surface area contributed by atoms with Crippen molar-refractivity contribution in [1.29, 1.82) is 0 Å². The number of ether oxygens (including phenoxy) is 1. The molecule has 0 radical (unpaired) electrons. The smallest absolute Gasteiger partial charge is 0.309 e. The molecule has 1 aliphatic heterocycles. The Kier molecular flexibility index (Phi) is 2.73. The van der Waals surface area contributed by atoms with Crippen molar-refractivity contribution in [3.8, 4) is 11.5 Å². The van der Waals surface area contributed by atoms with Crippen molar-refractivity contribution in [2.75, 3.05) is 6.61 Å². The van der Waals surface area contributed by atoms with E-state index < -0.39 is 11.4 Å². The van der Waals surface area contributed by atoms with E-state index in [2.05, 4.69) is 0 Å². The molecule has 1 unspecified atom stereocenters. The van der Waals surface area contributed by atoms with Crippen molar-refractivity contribution < 1.29 is 19.7 Å². The Hall–Kier alpha value is -1.71. The van der Waals surface area contributed by atoms with Gasteiger partial charge in [-0.3, -0.25) is 4.79 Å². The van der Waals surface area contributed by atoms with E-state index in [4.69, 9.17) is 9.84 Å². The second-order valence-electron chi connectivity index (χ2n) is 5.12. The second kappa shape index (κ2) is 3.95. The molecule has 0 saturated heterocycles. The van der Waals surface area contributed by atoms with E-state index in [1.165, 1.54) is 0 Å². The molecule has 4 nitrogen and oxygen atoms in total. The van der Waals surface area contributed by atoms with Gasteiger partial charge in [-0.2, -0.15) is 0 Å². The topological polar surface area (TPSA) is 66.8 Å². The number of rotatable bonds is 3. The lowest BCUT2D eigenvalue weighted by Gasteiger charge is -2.22. The van der Waals surface area contributed by atoms with Crippen LogP contribution in [0.5, 0.6) is 11.5 Å². The maximum atomic E-state index is 11.1. The van der Waals surface area contributed by atoms with Gasteiger partial charge in [-0.15, -0.1) is 0 Å². The van der Waals surface area contributed by atoms with E-state index in [9.17, 15) is 9.90 Å². The maximum Gasteiger partial charge on any atom is 0.309 e. The Bertz CT molecular complexity index is 451. The molecule has 0 bridgehead atoms. The number of carboxylic acids is 1. The van der Waals surface area contributed by atoms with Crippen molar-refractivity contribution in [2.45, 2.75) is 26.2 Å². The standard InChI is InChI=1S/C13H16O4/c1-13(2,12(15)16)6-8-7-17-11-4-3-9(14)5-10(8)11/h3-5,8,14H,6-7H2,1-2H3,(H,15,16). The Morgan fingerprint density at radius 1 is 1.53 bits per heavy atom. The van der Waals surface area contributed by atoms with Crippen LogP contribution in [0.25, 0.3) is 0 Å². The summed E-state index contributed by atoms with van der Waals surface area (Å²) >= 11 is 0. The molecule has 0 amide bonds. The summed E-state index contributed by atoms with van der Waals surface area (Å²) in [5.41, 5.74) is 0.112. The number of phenolic OH excluding ortho intramolecular Hbond substituents is 1. The molecule has 2 rings (SSSR count). The second-order valence-corrected chi connectivity index (χ2v) is 5.12. The monoisotopic (exact) mass is 236 g/mol. The highest BCUT2D eigenvalue weighted by molar-refractivity contribution is 5.73. The first kappa shape index (κ1) is 11.8. The molecule has 2 N–H and O–H groups in total. The van der Waals surface area contributed by atoms with E-state index in [1.807, 2.05) is 0 Å². The Labute approximate surface area is 99.8 Å². The van der Waals surface area contributed by atoms with Gasteiger partial charge in [0.05, 0.1) is 12.0 Å². The lowest BCUT2D eigenvalue weighted by molar-refractivity contribution is -0.147. The first-order valence-electron chi connectivity index (χ1n) is 5.59. The zero-order chi connectivity index (χ0) is 12.6. The number of fused-ring (bicyclic) bond motifs is 1. The van der Waals surface area contributed by atoms with Crippen LogP contribution in [0.15, 0.2) is 18.2 Å². The third-order valence-corrected chi connectivity index (χ3v) is 3.21. The molecule has 1 aliphatic rings. The highest BCUT2D eigenvalue weighted by Crippen LogP contribution is 2.42. The lowest BCUT2D eigenvalue weighted by Crippen LogP contribution is -2.26. The molecule has 0 aliphatic carbocycles. The normalized spacial score (nSPS) is 18.6. The van der Waals surface area contributed by atoms with Crippen LogP contribution in [-0.4, -0.2) is 22.8 Å². The quantitative estimate of drug-likeness (QED) is 0.845. The van der Waals surface area contributed by atoms with E-state index in [1.54, 1.807) is 32.0 Å². The minimum Gasteiger partial charge on any atom is -0.508 e. The Morgan fingerprint density at radius 2 is 2.24 bits per heavy atom. The number of hydrogen-bond acceptors (Lipinski definition) is 3. The summed E-state index contributed by atoms with van der Waals surface area (Å²) in [7, 11) is 0. The van der Waals surface area contributed by atoms with Crippen LogP contribution in [0.3, 0.4) is 0 Å². The number of hydrogen-bond donors (Lipinski definition) is 2. The van der Waals surface area contributed by atoms with Gasteiger partial charge in [-0.1, -0.05) is 0 Å². The molecule has 17 heavy (non-hydrogen) atoms. The fraction of sp³-hybridized carbons (Fsp3) is 0.462. The number of benzene rings is 1. The number of carbonyl (C=O) groups is 1. The van der Waals surface area contributed by atoms with Crippen molar-refractivity contribution in [3.63, 3.8) is 0 Å². The SMILES string of the molecule is CC(C)(CC1COc2ccc(O)cc21)C(=O)O. The lowest BCUT2D eigenvalue weighted by atomic mass is 9.81. The summed E-state index contributed by atoms with van der Waals surface area (Å²) in [6.45, 7) is 3.89. The molecule has 0 spiro atoms. The van der Waals surface area contributed by atoms with Gasteiger partial charge in [0.25, 0.3) is 0 Å². The zero-order valence-electron chi connectivity index (χ0n) is 9.93. The first-order valence-corrected chi connectivity index (χ1v) is 5.59. The van der Waals surface area contributed by atoms with E-state index in [0.717, 1.165) is 11.3 Å². The van der Waals surface area contributed by atoms with Crippen LogP contribution in [0, 0.1) is 5.41 Å². The highest BCUT2D eigenvalue weighted by Gasteiger charge is 2.35. The van der Waals surface area contributed by atoms with Crippen LogP contribution in [0.2, 0.25) is 0 Å². The first-order chi connectivity index (χ1) is 7.90. The number of phenols is 1. The third kappa shape index (κ3) is 2.20. The van der Waals surface area contributed by atoms with Gasteiger partial charge in [0.2, 0.25) is 0 Å². The van der Waals surface area contributed by atoms with Crippen LogP contribution < -0.4 is 4.74 Å². The molecule has 92 valence electrons. The van der Waals surface area contributed by atoms with E-state index in [0.29, 0.717) is 13.0 Å². The van der Waals surface area contributed by atoms with Crippen molar-refractivity contribution in [1.82, 2.24) is 0 Å². The molecule has 1 heterocycles.